The van der Waals surface area contributed by atoms with Gasteiger partial charge < -0.3 is 42.1 Å². The molecule has 1 aromatic heterocycles. The molecule has 1 unspecified atom stereocenters. The lowest BCUT2D eigenvalue weighted by molar-refractivity contribution is -0.870. The van der Waals surface area contributed by atoms with E-state index in [0.717, 1.165) is 32.0 Å². The van der Waals surface area contributed by atoms with Gasteiger partial charge in [0, 0.05) is 67.6 Å². The van der Waals surface area contributed by atoms with Gasteiger partial charge in [-0.05, 0) is 62.1 Å². The second kappa shape index (κ2) is 17.0. The van der Waals surface area contributed by atoms with Crippen molar-refractivity contribution in [1.82, 2.24) is 20.2 Å². The Labute approximate surface area is 324 Å². The molecule has 2 N–H and O–H groups in total. The highest BCUT2D eigenvalue weighted by Gasteiger charge is 2.54. The van der Waals surface area contributed by atoms with Gasteiger partial charge in [-0.15, -0.1) is 5.06 Å². The van der Waals surface area contributed by atoms with E-state index in [0.29, 0.717) is 39.7 Å². The number of quaternary nitrogens is 1. The van der Waals surface area contributed by atoms with Crippen molar-refractivity contribution in [2.24, 2.45) is 0 Å². The molecule has 2 aromatic rings. The van der Waals surface area contributed by atoms with E-state index in [4.69, 9.17) is 4.84 Å². The van der Waals surface area contributed by atoms with Crippen LogP contribution in [0.4, 0.5) is 8.63 Å². The SMILES string of the molecule is Cc1cc(CCC(=O)NC(CS(=O)(=O)[O-])C(=O)NCCCCC(=O)ON2C(=O)CCC2=O)n2c1C=C1C(CCC[N+](C)(C)C)=CC(c3ccccc3)=[N+]1[B-]2(F)F. The topological polar surface area (TPSA) is 187 Å². The summed E-state index contributed by atoms with van der Waals surface area (Å²) in [7, 11) is 1.24. The average Bonchev–Trinajstić information content (AvgIpc) is 3.75. The number of halogens is 2. The smallest absolute Gasteiger partial charge is 0.737 e. The Morgan fingerprint density at radius 3 is 2.32 bits per heavy atom. The van der Waals surface area contributed by atoms with Crippen LogP contribution in [0.15, 0.2) is 53.7 Å². The number of rotatable bonds is 18. The Bertz CT molecular complexity index is 2090. The van der Waals surface area contributed by atoms with Gasteiger partial charge in [0.2, 0.25) is 11.8 Å². The molecule has 1 saturated heterocycles. The number of carbonyl (C=O) groups excluding carboxylic acids is 5. The second-order valence-electron chi connectivity index (χ2n) is 15.2. The number of imide groups is 1. The van der Waals surface area contributed by atoms with Crippen molar-refractivity contribution < 1.29 is 59.4 Å². The standard InChI is InChI=1S/C37H47BF2N6O9S/c1-25-21-28(43-30(25)23-32-27(13-10-20-46(2,3)4)22-31(44(32)38(43,39)40)26-11-6-5-7-12-26)15-16-33(47)42-29(24-56(52,53)54)37(51)41-19-9-8-14-36(50)55-45-34(48)17-18-35(45)49/h5-7,11-12,21-23,29H,8-10,13-20,24H2,1-4H3,(H2-,41,42,47,51,52,53,54). The van der Waals surface area contributed by atoms with Gasteiger partial charge in [0.1, 0.15) is 6.04 Å². The molecule has 5 rings (SSSR count). The van der Waals surface area contributed by atoms with Gasteiger partial charge in [-0.25, -0.2) is 13.2 Å². The third-order valence-corrected chi connectivity index (χ3v) is 10.4. The third kappa shape index (κ3) is 10.2. The van der Waals surface area contributed by atoms with E-state index in [9.17, 15) is 36.9 Å². The maximum absolute atomic E-state index is 17.0. The van der Waals surface area contributed by atoms with E-state index in [1.54, 1.807) is 43.3 Å². The summed E-state index contributed by atoms with van der Waals surface area (Å²) in [5.74, 6) is -5.14. The van der Waals surface area contributed by atoms with Crippen molar-refractivity contribution in [3.63, 3.8) is 0 Å². The summed E-state index contributed by atoms with van der Waals surface area (Å²) in [5, 5.41) is 5.09. The molecule has 1 aromatic carbocycles. The molecule has 4 amide bonds. The second-order valence-corrected chi connectivity index (χ2v) is 16.7. The van der Waals surface area contributed by atoms with Crippen LogP contribution in [0.2, 0.25) is 0 Å². The summed E-state index contributed by atoms with van der Waals surface area (Å²) in [4.78, 5) is 66.0. The van der Waals surface area contributed by atoms with Crippen LogP contribution < -0.4 is 10.6 Å². The van der Waals surface area contributed by atoms with Gasteiger partial charge in [-0.2, -0.15) is 0 Å². The first-order valence-corrected chi connectivity index (χ1v) is 20.1. The number of hydrogen-bond donors (Lipinski definition) is 2. The van der Waals surface area contributed by atoms with Crippen molar-refractivity contribution in [1.29, 1.82) is 0 Å². The molecule has 0 saturated carbocycles. The van der Waals surface area contributed by atoms with Crippen molar-refractivity contribution in [3.8, 4) is 0 Å². The molecule has 302 valence electrons. The highest BCUT2D eigenvalue weighted by molar-refractivity contribution is 7.85. The first kappa shape index (κ1) is 42.1. The van der Waals surface area contributed by atoms with Crippen LogP contribution in [-0.2, 0) is 45.3 Å². The third-order valence-electron chi connectivity index (χ3n) is 9.69. The Hall–Kier alpha value is -5.01. The zero-order valence-electron chi connectivity index (χ0n) is 31.9. The van der Waals surface area contributed by atoms with Crippen molar-refractivity contribution >= 4 is 58.5 Å². The van der Waals surface area contributed by atoms with Crippen molar-refractivity contribution in [3.05, 3.63) is 76.3 Å². The maximum Gasteiger partial charge on any atom is 0.737 e. The summed E-state index contributed by atoms with van der Waals surface area (Å²) in [6.07, 6.45) is 4.42. The van der Waals surface area contributed by atoms with Gasteiger partial charge >= 0.3 is 12.9 Å². The Balaban J connectivity index is 1.25. The largest absolute Gasteiger partial charge is 0.748 e. The van der Waals surface area contributed by atoms with Gasteiger partial charge in [0.05, 0.1) is 43.6 Å². The van der Waals surface area contributed by atoms with E-state index in [2.05, 4.69) is 31.8 Å². The Kier molecular flexibility index (Phi) is 12.8. The van der Waals surface area contributed by atoms with Gasteiger partial charge in [0.25, 0.3) is 11.8 Å². The molecule has 0 bridgehead atoms. The fourth-order valence-electron chi connectivity index (χ4n) is 7.02. The summed E-state index contributed by atoms with van der Waals surface area (Å²) in [6, 6.07) is 8.76. The number of hydrogen-bond acceptors (Lipinski definition) is 9. The van der Waals surface area contributed by atoms with Crippen LogP contribution in [0.3, 0.4) is 0 Å². The van der Waals surface area contributed by atoms with Crippen molar-refractivity contribution in [2.45, 2.75) is 70.8 Å². The number of benzene rings is 1. The molecule has 3 aliphatic rings. The lowest BCUT2D eigenvalue weighted by Gasteiger charge is -2.32. The summed E-state index contributed by atoms with van der Waals surface area (Å²) in [5.41, 5.74) is 3.27. The van der Waals surface area contributed by atoms with Crippen LogP contribution in [0.1, 0.15) is 73.9 Å². The summed E-state index contributed by atoms with van der Waals surface area (Å²) < 4.78 is 71.6. The minimum atomic E-state index is -4.99. The quantitative estimate of drug-likeness (QED) is 0.0750. The molecular weight excluding hydrogens is 753 g/mol. The molecule has 0 spiro atoms. The number of hydroxylamine groups is 2. The first-order valence-electron chi connectivity index (χ1n) is 18.5. The van der Waals surface area contributed by atoms with Crippen LogP contribution in [0.25, 0.3) is 6.08 Å². The summed E-state index contributed by atoms with van der Waals surface area (Å²) >= 11 is 0. The number of fused-ring (bicyclic) bond motifs is 2. The van der Waals surface area contributed by atoms with E-state index in [1.165, 1.54) is 0 Å². The fourth-order valence-corrected chi connectivity index (χ4v) is 7.66. The number of aromatic nitrogens is 1. The van der Waals surface area contributed by atoms with Gasteiger partial charge in [-0.1, -0.05) is 18.2 Å². The Morgan fingerprint density at radius 2 is 1.68 bits per heavy atom. The molecule has 1 atom stereocenters. The van der Waals surface area contributed by atoms with Gasteiger partial charge in [0.15, 0.2) is 11.4 Å². The number of nitrogens with one attached hydrogen (secondary N) is 2. The highest BCUT2D eigenvalue weighted by atomic mass is 32.2. The molecule has 19 heteroatoms. The number of amides is 4. The average molecular weight is 801 g/mol. The van der Waals surface area contributed by atoms with E-state index >= 15 is 8.63 Å². The number of aryl methyl sites for hydroxylation is 2. The lowest BCUT2D eigenvalue weighted by Crippen LogP contribution is -2.51. The maximum atomic E-state index is 17.0. The molecular formula is C37H47BF2N6O9S. The highest BCUT2D eigenvalue weighted by Crippen LogP contribution is 2.39. The molecule has 3 aliphatic heterocycles. The minimum Gasteiger partial charge on any atom is -0.748 e. The number of carbonyl (C=O) groups is 5. The molecule has 1 fully saturated rings. The van der Waals surface area contributed by atoms with Crippen molar-refractivity contribution in [2.75, 3.05) is 40.0 Å². The first-order chi connectivity index (χ1) is 26.2. The normalized spacial score (nSPS) is 16.9. The van der Waals surface area contributed by atoms with E-state index in [-0.39, 0.29) is 50.8 Å². The fraction of sp³-hybridized carbons (Fsp3) is 0.459. The van der Waals surface area contributed by atoms with Gasteiger partial charge in [-0.3, -0.25) is 19.2 Å². The molecule has 4 heterocycles. The zero-order chi connectivity index (χ0) is 41.0. The van der Waals surface area contributed by atoms with E-state index in [1.807, 2.05) is 12.1 Å². The number of nitrogens with zero attached hydrogens (tertiary/aromatic N) is 4. The minimum absolute atomic E-state index is 0.0534. The summed E-state index contributed by atoms with van der Waals surface area (Å²) in [6.45, 7) is -1.97. The molecule has 15 nitrogen and oxygen atoms in total. The number of unbranched alkanes of at least 4 members (excludes halogenated alkanes) is 1. The van der Waals surface area contributed by atoms with Crippen LogP contribution >= 0.6 is 0 Å². The predicted molar refractivity (Wildman–Crippen MR) is 200 cm³/mol. The van der Waals surface area contributed by atoms with E-state index < -0.39 is 64.9 Å². The molecule has 0 radical (unpaired) electrons. The predicted octanol–water partition coefficient (Wildman–Crippen LogP) is 2.16. The zero-order valence-corrected chi connectivity index (χ0v) is 32.7. The van der Waals surface area contributed by atoms with Crippen LogP contribution in [0, 0.1) is 6.92 Å². The molecule has 0 aliphatic carbocycles. The number of allylic oxidation sites excluding steroid dienone is 2. The van der Waals surface area contributed by atoms with Crippen LogP contribution in [-0.4, -0.2) is 120 Å². The molecule has 56 heavy (non-hydrogen) atoms. The van der Waals surface area contributed by atoms with Crippen LogP contribution in [0.5, 0.6) is 0 Å². The Morgan fingerprint density at radius 1 is 1.00 bits per heavy atom. The lowest BCUT2D eigenvalue weighted by atomic mass is 9.88. The monoisotopic (exact) mass is 800 g/mol.